The van der Waals surface area contributed by atoms with Crippen LogP contribution in [0.25, 0.3) is 0 Å². The Hall–Kier alpha value is -2.44. The molecule has 0 unspecified atom stereocenters. The summed E-state index contributed by atoms with van der Waals surface area (Å²) in [7, 11) is 1.85. The number of carbonyl (C=O) groups is 1. The number of piperazine rings is 1. The summed E-state index contributed by atoms with van der Waals surface area (Å²) in [6.45, 7) is 8.55. The topological polar surface area (TPSA) is 51.7 Å². The zero-order chi connectivity index (χ0) is 21.6. The number of nitrogens with one attached hydrogen (secondary N) is 1. The van der Waals surface area contributed by atoms with Crippen molar-refractivity contribution in [3.8, 4) is 0 Å². The van der Waals surface area contributed by atoms with Gasteiger partial charge in [0, 0.05) is 64.2 Å². The van der Waals surface area contributed by atoms with Crippen LogP contribution in [0.3, 0.4) is 0 Å². The highest BCUT2D eigenvalue weighted by Gasteiger charge is 2.17. The molecule has 1 aromatic heterocycles. The fourth-order valence-corrected chi connectivity index (χ4v) is 4.51. The summed E-state index contributed by atoms with van der Waals surface area (Å²) in [6, 6.07) is 13.0. The Bertz CT molecular complexity index is 845. The number of amides is 1. The van der Waals surface area contributed by atoms with Crippen LogP contribution in [-0.2, 0) is 17.8 Å². The van der Waals surface area contributed by atoms with E-state index in [4.69, 9.17) is 0 Å². The number of nitrogens with zero attached hydrogens (tertiary/aromatic N) is 4. The summed E-state index contributed by atoms with van der Waals surface area (Å²) in [6.07, 6.45) is 6.00. The smallest absolute Gasteiger partial charge is 0.231 e. The van der Waals surface area contributed by atoms with E-state index in [1.54, 1.807) is 4.90 Å². The molecule has 0 radical (unpaired) electrons. The number of carbonyl (C=O) groups excluding carboxylic acids is 1. The lowest BCUT2D eigenvalue weighted by atomic mass is 10.1. The van der Waals surface area contributed by atoms with Crippen LogP contribution < -0.4 is 15.1 Å². The molecular weight excluding hydrogens is 386 g/mol. The van der Waals surface area contributed by atoms with Gasteiger partial charge in [0.1, 0.15) is 5.82 Å². The molecule has 4 rings (SSSR count). The summed E-state index contributed by atoms with van der Waals surface area (Å²) in [5.74, 6) is 1.11. The normalized spacial score (nSPS) is 19.9. The van der Waals surface area contributed by atoms with Crippen LogP contribution in [0, 0.1) is 0 Å². The number of piperidine rings is 1. The molecule has 0 bridgehead atoms. The maximum absolute atomic E-state index is 12.8. The van der Waals surface area contributed by atoms with Crippen molar-refractivity contribution in [3.05, 3.63) is 53.7 Å². The van der Waals surface area contributed by atoms with Gasteiger partial charge in [0.2, 0.25) is 5.91 Å². The number of likely N-dealkylation sites (N-methyl/N-ethyl adjacent to an activating group) is 1. The van der Waals surface area contributed by atoms with E-state index >= 15 is 0 Å². The highest BCUT2D eigenvalue weighted by Crippen LogP contribution is 2.19. The molecule has 6 nitrogen and oxygen atoms in total. The highest BCUT2D eigenvalue weighted by atomic mass is 16.2. The summed E-state index contributed by atoms with van der Waals surface area (Å²) >= 11 is 0. The molecule has 1 atom stereocenters. The average Bonchev–Trinajstić information content (AvgIpc) is 2.80. The number of hydrogen-bond donors (Lipinski definition) is 1. The monoisotopic (exact) mass is 421 g/mol. The van der Waals surface area contributed by atoms with Crippen LogP contribution >= 0.6 is 0 Å². The third-order valence-corrected chi connectivity index (χ3v) is 6.40. The SMILES string of the molecule is C[C@H]1CN(Cc2ccc(N(C)C(=O)Cc3ccc(N4CCCCC4)nc3)cc2)CCN1. The number of aromatic nitrogens is 1. The second-order valence-electron chi connectivity index (χ2n) is 8.96. The van der Waals surface area contributed by atoms with Crippen LogP contribution in [0.2, 0.25) is 0 Å². The predicted molar refractivity (Wildman–Crippen MR) is 127 cm³/mol. The van der Waals surface area contributed by atoms with E-state index in [0.717, 1.165) is 56.3 Å². The lowest BCUT2D eigenvalue weighted by molar-refractivity contribution is -0.117. The van der Waals surface area contributed by atoms with Crippen molar-refractivity contribution in [1.82, 2.24) is 15.2 Å². The molecule has 0 saturated carbocycles. The predicted octanol–water partition coefficient (Wildman–Crippen LogP) is 3.07. The number of rotatable bonds is 6. The standard InChI is InChI=1S/C25H35N5O/c1-20-18-29(15-12-26-20)19-21-6-9-23(10-7-21)28(2)25(31)16-22-8-11-24(27-17-22)30-13-4-3-5-14-30/h6-11,17,20,26H,3-5,12-16,18-19H2,1-2H3/t20-/m0/s1. The van der Waals surface area contributed by atoms with Gasteiger partial charge in [-0.2, -0.15) is 0 Å². The Kier molecular flexibility index (Phi) is 7.20. The largest absolute Gasteiger partial charge is 0.357 e. The van der Waals surface area contributed by atoms with Crippen molar-refractivity contribution in [1.29, 1.82) is 0 Å². The molecular formula is C25H35N5O. The molecule has 2 aliphatic heterocycles. The van der Waals surface area contributed by atoms with E-state index in [1.807, 2.05) is 19.3 Å². The second-order valence-corrected chi connectivity index (χ2v) is 8.96. The molecule has 1 N–H and O–H groups in total. The number of benzene rings is 1. The molecule has 2 saturated heterocycles. The Morgan fingerprint density at radius 3 is 2.48 bits per heavy atom. The van der Waals surface area contributed by atoms with Gasteiger partial charge in [-0.05, 0) is 55.5 Å². The highest BCUT2D eigenvalue weighted by molar-refractivity contribution is 5.94. The van der Waals surface area contributed by atoms with Gasteiger partial charge in [-0.1, -0.05) is 18.2 Å². The average molecular weight is 422 g/mol. The second kappa shape index (κ2) is 10.2. The van der Waals surface area contributed by atoms with Gasteiger partial charge in [-0.15, -0.1) is 0 Å². The summed E-state index contributed by atoms with van der Waals surface area (Å²) in [5, 5.41) is 3.48. The molecule has 2 aliphatic rings. The number of anilines is 2. The van der Waals surface area contributed by atoms with Gasteiger partial charge in [0.25, 0.3) is 0 Å². The lowest BCUT2D eigenvalue weighted by Crippen LogP contribution is -2.48. The Morgan fingerprint density at radius 2 is 1.81 bits per heavy atom. The van der Waals surface area contributed by atoms with Crippen molar-refractivity contribution in [2.75, 3.05) is 49.6 Å². The van der Waals surface area contributed by atoms with Crippen LogP contribution in [0.15, 0.2) is 42.6 Å². The maximum atomic E-state index is 12.8. The molecule has 31 heavy (non-hydrogen) atoms. The first-order valence-corrected chi connectivity index (χ1v) is 11.6. The van der Waals surface area contributed by atoms with Crippen molar-refractivity contribution in [2.24, 2.45) is 0 Å². The summed E-state index contributed by atoms with van der Waals surface area (Å²) in [4.78, 5) is 24.0. The molecule has 166 valence electrons. The molecule has 2 aromatic rings. The van der Waals surface area contributed by atoms with Crippen molar-refractivity contribution >= 4 is 17.4 Å². The Morgan fingerprint density at radius 1 is 1.06 bits per heavy atom. The van der Waals surface area contributed by atoms with Gasteiger partial charge >= 0.3 is 0 Å². The molecule has 3 heterocycles. The summed E-state index contributed by atoms with van der Waals surface area (Å²) in [5.41, 5.74) is 3.18. The van der Waals surface area contributed by atoms with Crippen LogP contribution in [0.1, 0.15) is 37.3 Å². The zero-order valence-electron chi connectivity index (χ0n) is 18.9. The van der Waals surface area contributed by atoms with E-state index in [-0.39, 0.29) is 5.91 Å². The van der Waals surface area contributed by atoms with Crippen molar-refractivity contribution in [2.45, 2.75) is 45.2 Å². The maximum Gasteiger partial charge on any atom is 0.231 e. The van der Waals surface area contributed by atoms with Gasteiger partial charge in [-0.25, -0.2) is 4.98 Å². The molecule has 0 aliphatic carbocycles. The first-order valence-electron chi connectivity index (χ1n) is 11.6. The van der Waals surface area contributed by atoms with Crippen LogP contribution in [-0.4, -0.2) is 61.6 Å². The van der Waals surface area contributed by atoms with Crippen molar-refractivity contribution < 1.29 is 4.79 Å². The van der Waals surface area contributed by atoms with Gasteiger partial charge in [0.15, 0.2) is 0 Å². The summed E-state index contributed by atoms with van der Waals surface area (Å²) < 4.78 is 0. The molecule has 1 amide bonds. The fourth-order valence-electron chi connectivity index (χ4n) is 4.51. The molecule has 2 fully saturated rings. The first kappa shape index (κ1) is 21.8. The quantitative estimate of drug-likeness (QED) is 0.777. The molecule has 6 heteroatoms. The van der Waals surface area contributed by atoms with Crippen LogP contribution in [0.5, 0.6) is 0 Å². The van der Waals surface area contributed by atoms with E-state index in [9.17, 15) is 4.79 Å². The number of pyridine rings is 1. The van der Waals surface area contributed by atoms with E-state index < -0.39 is 0 Å². The molecule has 1 aromatic carbocycles. The third kappa shape index (κ3) is 5.83. The van der Waals surface area contributed by atoms with Gasteiger partial charge < -0.3 is 15.1 Å². The zero-order valence-corrected chi connectivity index (χ0v) is 18.9. The minimum atomic E-state index is 0.0798. The van der Waals surface area contributed by atoms with E-state index in [0.29, 0.717) is 12.5 Å². The number of hydrogen-bond acceptors (Lipinski definition) is 5. The van der Waals surface area contributed by atoms with Crippen LogP contribution in [0.4, 0.5) is 11.5 Å². The molecule has 0 spiro atoms. The van der Waals surface area contributed by atoms with Gasteiger partial charge in [0.05, 0.1) is 6.42 Å². The minimum absolute atomic E-state index is 0.0798. The lowest BCUT2D eigenvalue weighted by Gasteiger charge is -2.31. The van der Waals surface area contributed by atoms with Gasteiger partial charge in [-0.3, -0.25) is 9.69 Å². The van der Waals surface area contributed by atoms with E-state index in [1.165, 1.54) is 24.8 Å². The van der Waals surface area contributed by atoms with Crippen molar-refractivity contribution in [3.63, 3.8) is 0 Å². The first-order chi connectivity index (χ1) is 15.1. The Balaban J connectivity index is 1.31. The fraction of sp³-hybridized carbons (Fsp3) is 0.520. The van der Waals surface area contributed by atoms with E-state index in [2.05, 4.69) is 57.4 Å². The minimum Gasteiger partial charge on any atom is -0.357 e. The third-order valence-electron chi connectivity index (χ3n) is 6.40. The Labute approximate surface area is 186 Å².